The second kappa shape index (κ2) is 11.2. The van der Waals surface area contributed by atoms with Crippen LogP contribution in [0.4, 0.5) is 4.79 Å². The molecule has 9 heteroatoms. The van der Waals surface area contributed by atoms with E-state index in [1.807, 2.05) is 30.3 Å². The van der Waals surface area contributed by atoms with Crippen molar-refractivity contribution in [3.05, 3.63) is 61.4 Å². The lowest BCUT2D eigenvalue weighted by molar-refractivity contribution is -0.122. The Bertz CT molecular complexity index is 994. The third-order valence-electron chi connectivity index (χ3n) is 4.45. The summed E-state index contributed by atoms with van der Waals surface area (Å²) < 4.78 is 18.2. The summed E-state index contributed by atoms with van der Waals surface area (Å²) in [4.78, 5) is 26.4. The van der Waals surface area contributed by atoms with Crippen molar-refractivity contribution in [2.45, 2.75) is 13.0 Å². The first kappa shape index (κ1) is 23.8. The van der Waals surface area contributed by atoms with Gasteiger partial charge in [0.25, 0.3) is 11.1 Å². The van der Waals surface area contributed by atoms with Crippen molar-refractivity contribution >= 4 is 60.8 Å². The molecule has 2 aromatic carbocycles. The van der Waals surface area contributed by atoms with E-state index in [1.165, 1.54) is 4.90 Å². The number of ether oxygens (including phenoxy) is 3. The standard InChI is InChI=1S/C22H21Br2NO5S/c1-28-9-3-8-25-21(26)19(31-22(25)27)12-15-10-17(24)20(18(11-15)29-2)30-13-14-4-6-16(23)7-5-14/h4-7,10-12H,3,8-9,13H2,1-2H3/b19-12+. The van der Waals surface area contributed by atoms with Crippen molar-refractivity contribution < 1.29 is 23.8 Å². The smallest absolute Gasteiger partial charge is 0.293 e. The predicted molar refractivity (Wildman–Crippen MR) is 128 cm³/mol. The van der Waals surface area contributed by atoms with Gasteiger partial charge in [-0.1, -0.05) is 28.1 Å². The number of amides is 2. The van der Waals surface area contributed by atoms with Crippen LogP contribution in [0.25, 0.3) is 6.08 Å². The Morgan fingerprint density at radius 3 is 2.52 bits per heavy atom. The second-order valence-corrected chi connectivity index (χ2v) is 9.39. The van der Waals surface area contributed by atoms with Crippen LogP contribution in [-0.2, 0) is 16.1 Å². The Labute approximate surface area is 202 Å². The Hall–Kier alpha value is -1.81. The van der Waals surface area contributed by atoms with Gasteiger partial charge in [-0.3, -0.25) is 14.5 Å². The lowest BCUT2D eigenvalue weighted by atomic mass is 10.1. The van der Waals surface area contributed by atoms with E-state index in [9.17, 15) is 9.59 Å². The van der Waals surface area contributed by atoms with Gasteiger partial charge in [0.05, 0.1) is 16.5 Å². The van der Waals surface area contributed by atoms with Crippen LogP contribution < -0.4 is 9.47 Å². The number of imide groups is 1. The first-order valence-corrected chi connectivity index (χ1v) is 11.8. The van der Waals surface area contributed by atoms with Crippen molar-refractivity contribution in [2.24, 2.45) is 0 Å². The minimum Gasteiger partial charge on any atom is -0.493 e. The van der Waals surface area contributed by atoms with E-state index in [2.05, 4.69) is 31.9 Å². The average Bonchev–Trinajstić information content (AvgIpc) is 3.01. The topological polar surface area (TPSA) is 65.1 Å². The molecule has 0 atom stereocenters. The van der Waals surface area contributed by atoms with Crippen LogP contribution in [0.3, 0.4) is 0 Å². The number of rotatable bonds is 9. The molecule has 3 rings (SSSR count). The molecule has 2 aromatic rings. The quantitative estimate of drug-likeness (QED) is 0.277. The number of hydrogen-bond donors (Lipinski definition) is 0. The fourth-order valence-electron chi connectivity index (χ4n) is 2.91. The predicted octanol–water partition coefficient (Wildman–Crippen LogP) is 5.87. The highest BCUT2D eigenvalue weighted by Gasteiger charge is 2.34. The molecule has 0 aromatic heterocycles. The third-order valence-corrected chi connectivity index (χ3v) is 6.47. The molecule has 1 aliphatic heterocycles. The van der Waals surface area contributed by atoms with E-state index in [4.69, 9.17) is 14.2 Å². The molecule has 6 nitrogen and oxygen atoms in total. The SMILES string of the molecule is COCCCN1C(=O)S/C(=C/c2cc(Br)c(OCc3ccc(Br)cc3)c(OC)c2)C1=O. The molecule has 1 heterocycles. The van der Waals surface area contributed by atoms with Crippen LogP contribution in [0.1, 0.15) is 17.5 Å². The van der Waals surface area contributed by atoms with Gasteiger partial charge in [-0.15, -0.1) is 0 Å². The number of carbonyl (C=O) groups is 2. The van der Waals surface area contributed by atoms with Gasteiger partial charge in [0, 0.05) is 24.7 Å². The van der Waals surface area contributed by atoms with Crippen LogP contribution in [-0.4, -0.2) is 43.4 Å². The molecular weight excluding hydrogens is 550 g/mol. The van der Waals surface area contributed by atoms with Crippen molar-refractivity contribution in [3.8, 4) is 11.5 Å². The van der Waals surface area contributed by atoms with Gasteiger partial charge < -0.3 is 14.2 Å². The number of methoxy groups -OCH3 is 2. The van der Waals surface area contributed by atoms with Crippen LogP contribution in [0.15, 0.2) is 50.2 Å². The highest BCUT2D eigenvalue weighted by Crippen LogP contribution is 2.39. The summed E-state index contributed by atoms with van der Waals surface area (Å²) >= 11 is 7.88. The average molecular weight is 571 g/mol. The second-order valence-electron chi connectivity index (χ2n) is 6.63. The maximum Gasteiger partial charge on any atom is 0.293 e. The number of carbonyl (C=O) groups excluding carboxylic acids is 2. The minimum absolute atomic E-state index is 0.271. The van der Waals surface area contributed by atoms with E-state index in [-0.39, 0.29) is 11.1 Å². The number of hydrogen-bond acceptors (Lipinski definition) is 6. The van der Waals surface area contributed by atoms with E-state index >= 15 is 0 Å². The lowest BCUT2D eigenvalue weighted by Gasteiger charge is -2.14. The van der Waals surface area contributed by atoms with Crippen LogP contribution in [0, 0.1) is 0 Å². The molecule has 0 bridgehead atoms. The summed E-state index contributed by atoms with van der Waals surface area (Å²) in [6, 6.07) is 11.5. The molecule has 31 heavy (non-hydrogen) atoms. The van der Waals surface area contributed by atoms with Crippen molar-refractivity contribution in [1.29, 1.82) is 0 Å². The van der Waals surface area contributed by atoms with Gasteiger partial charge >= 0.3 is 0 Å². The third kappa shape index (κ3) is 6.12. The number of nitrogens with zero attached hydrogens (tertiary/aromatic N) is 1. The van der Waals surface area contributed by atoms with Crippen LogP contribution >= 0.6 is 43.6 Å². The highest BCUT2D eigenvalue weighted by atomic mass is 79.9. The van der Waals surface area contributed by atoms with Crippen LogP contribution in [0.2, 0.25) is 0 Å². The van der Waals surface area contributed by atoms with Gasteiger partial charge in [0.15, 0.2) is 11.5 Å². The van der Waals surface area contributed by atoms with E-state index < -0.39 is 0 Å². The van der Waals surface area contributed by atoms with E-state index in [0.717, 1.165) is 27.4 Å². The number of benzene rings is 2. The fourth-order valence-corrected chi connectivity index (χ4v) is 4.61. The summed E-state index contributed by atoms with van der Waals surface area (Å²) in [5.74, 6) is 0.795. The van der Waals surface area contributed by atoms with E-state index in [0.29, 0.717) is 47.1 Å². The summed E-state index contributed by atoms with van der Waals surface area (Å²) in [7, 11) is 3.15. The van der Waals surface area contributed by atoms with Gasteiger partial charge in [0.2, 0.25) is 0 Å². The lowest BCUT2D eigenvalue weighted by Crippen LogP contribution is -2.29. The van der Waals surface area contributed by atoms with Crippen molar-refractivity contribution in [1.82, 2.24) is 4.90 Å². The summed E-state index contributed by atoms with van der Waals surface area (Å²) in [5, 5.41) is -0.271. The summed E-state index contributed by atoms with van der Waals surface area (Å²) in [6.07, 6.45) is 2.29. The Kier molecular flexibility index (Phi) is 8.59. The number of thioether (sulfide) groups is 1. The Morgan fingerprint density at radius 1 is 1.10 bits per heavy atom. The van der Waals surface area contributed by atoms with Gasteiger partial charge in [-0.25, -0.2) is 0 Å². The minimum atomic E-state index is -0.295. The van der Waals surface area contributed by atoms with Gasteiger partial charge in [-0.2, -0.15) is 0 Å². The zero-order valence-electron chi connectivity index (χ0n) is 17.0. The highest BCUT2D eigenvalue weighted by molar-refractivity contribution is 9.10. The Balaban J connectivity index is 1.77. The van der Waals surface area contributed by atoms with Crippen LogP contribution in [0.5, 0.6) is 11.5 Å². The molecule has 1 saturated heterocycles. The monoisotopic (exact) mass is 569 g/mol. The van der Waals surface area contributed by atoms with Crippen molar-refractivity contribution in [2.75, 3.05) is 27.4 Å². The summed E-state index contributed by atoms with van der Waals surface area (Å²) in [5.41, 5.74) is 1.74. The molecule has 0 aliphatic carbocycles. The molecule has 1 fully saturated rings. The van der Waals surface area contributed by atoms with Crippen molar-refractivity contribution in [3.63, 3.8) is 0 Å². The fraction of sp³-hybridized carbons (Fsp3) is 0.273. The molecule has 1 aliphatic rings. The van der Waals surface area contributed by atoms with E-state index in [1.54, 1.807) is 26.4 Å². The largest absolute Gasteiger partial charge is 0.493 e. The van der Waals surface area contributed by atoms with Gasteiger partial charge in [-0.05, 0) is 75.6 Å². The summed E-state index contributed by atoms with van der Waals surface area (Å²) in [6.45, 7) is 1.21. The molecule has 0 unspecified atom stereocenters. The molecule has 0 radical (unpaired) electrons. The normalized spacial score (nSPS) is 15.1. The van der Waals surface area contributed by atoms with Gasteiger partial charge in [0.1, 0.15) is 6.61 Å². The zero-order chi connectivity index (χ0) is 22.4. The Morgan fingerprint density at radius 2 is 1.84 bits per heavy atom. The molecular formula is C22H21Br2NO5S. The number of halogens is 2. The first-order chi connectivity index (χ1) is 14.9. The molecule has 2 amide bonds. The molecule has 164 valence electrons. The molecule has 0 saturated carbocycles. The molecule has 0 spiro atoms. The zero-order valence-corrected chi connectivity index (χ0v) is 21.0. The molecule has 0 N–H and O–H groups in total. The first-order valence-electron chi connectivity index (χ1n) is 9.42. The maximum atomic E-state index is 12.6. The maximum absolute atomic E-state index is 12.6.